The Labute approximate surface area is 143 Å². The van der Waals surface area contributed by atoms with E-state index >= 15 is 0 Å². The molecule has 24 heavy (non-hydrogen) atoms. The van der Waals surface area contributed by atoms with E-state index in [0.717, 1.165) is 37.7 Å². The van der Waals surface area contributed by atoms with Crippen LogP contribution in [0.5, 0.6) is 0 Å². The summed E-state index contributed by atoms with van der Waals surface area (Å²) in [5.41, 5.74) is 0.841. The van der Waals surface area contributed by atoms with Crippen molar-refractivity contribution in [1.29, 1.82) is 0 Å². The summed E-state index contributed by atoms with van der Waals surface area (Å²) in [6.45, 7) is 3.08. The molecule has 1 amide bonds. The van der Waals surface area contributed by atoms with Gasteiger partial charge in [0, 0.05) is 30.7 Å². The van der Waals surface area contributed by atoms with Crippen molar-refractivity contribution in [2.45, 2.75) is 57.5 Å². The molecule has 1 atom stereocenters. The zero-order valence-corrected chi connectivity index (χ0v) is 15.2. The first kappa shape index (κ1) is 17.5. The second-order valence-electron chi connectivity index (χ2n) is 6.99. The van der Waals surface area contributed by atoms with E-state index in [9.17, 15) is 13.2 Å². The second kappa shape index (κ2) is 6.88. The van der Waals surface area contributed by atoms with E-state index in [1.807, 2.05) is 6.92 Å². The molecule has 0 spiro atoms. The molecule has 0 N–H and O–H groups in total. The molecular weight excluding hydrogens is 328 g/mol. The van der Waals surface area contributed by atoms with Gasteiger partial charge < -0.3 is 9.32 Å². The smallest absolute Gasteiger partial charge is 0.289 e. The van der Waals surface area contributed by atoms with Crippen molar-refractivity contribution in [3.63, 3.8) is 0 Å². The largest absolute Gasteiger partial charge is 0.459 e. The first-order valence-corrected chi connectivity index (χ1v) is 10.5. The molecule has 2 fully saturated rings. The predicted octanol–water partition coefficient (Wildman–Crippen LogP) is 2.40. The number of nitrogens with zero attached hydrogens (tertiary/aromatic N) is 2. The van der Waals surface area contributed by atoms with E-state index in [-0.39, 0.29) is 18.0 Å². The molecular formula is C17H26N2O4S. The average molecular weight is 354 g/mol. The van der Waals surface area contributed by atoms with Gasteiger partial charge in [-0.25, -0.2) is 8.42 Å². The van der Waals surface area contributed by atoms with E-state index in [4.69, 9.17) is 4.42 Å². The third-order valence-corrected chi connectivity index (χ3v) is 6.58. The molecule has 3 rings (SSSR count). The maximum absolute atomic E-state index is 12.6. The minimum Gasteiger partial charge on any atom is -0.459 e. The fourth-order valence-electron chi connectivity index (χ4n) is 3.75. The molecule has 1 saturated heterocycles. The normalized spacial score (nSPS) is 23.1. The van der Waals surface area contributed by atoms with Crippen molar-refractivity contribution in [1.82, 2.24) is 9.21 Å². The molecule has 1 saturated carbocycles. The van der Waals surface area contributed by atoms with E-state index in [0.29, 0.717) is 25.3 Å². The molecule has 0 radical (unpaired) electrons. The Hall–Kier alpha value is -1.34. The predicted molar refractivity (Wildman–Crippen MR) is 91.3 cm³/mol. The summed E-state index contributed by atoms with van der Waals surface area (Å²) in [7, 11) is -3.22. The van der Waals surface area contributed by atoms with Gasteiger partial charge in [0.25, 0.3) is 5.91 Å². The van der Waals surface area contributed by atoms with Crippen LogP contribution >= 0.6 is 0 Å². The molecule has 2 heterocycles. The monoisotopic (exact) mass is 354 g/mol. The number of hydrogen-bond acceptors (Lipinski definition) is 4. The highest BCUT2D eigenvalue weighted by molar-refractivity contribution is 7.88. The number of hydrogen-bond donors (Lipinski definition) is 0. The molecule has 2 aliphatic rings. The minimum absolute atomic E-state index is 0.000739. The van der Waals surface area contributed by atoms with E-state index in [1.54, 1.807) is 15.3 Å². The highest BCUT2D eigenvalue weighted by Gasteiger charge is 2.38. The number of amides is 1. The summed E-state index contributed by atoms with van der Waals surface area (Å²) >= 11 is 0. The molecule has 6 nitrogen and oxygen atoms in total. The molecule has 1 aliphatic carbocycles. The Morgan fingerprint density at radius 2 is 1.83 bits per heavy atom. The summed E-state index contributed by atoms with van der Waals surface area (Å²) in [6, 6.07) is 1.94. The van der Waals surface area contributed by atoms with Gasteiger partial charge in [-0.15, -0.1) is 0 Å². The van der Waals surface area contributed by atoms with Crippen molar-refractivity contribution in [3.8, 4) is 0 Å². The summed E-state index contributed by atoms with van der Waals surface area (Å²) in [6.07, 6.45) is 8.17. The van der Waals surface area contributed by atoms with Crippen LogP contribution in [0.2, 0.25) is 0 Å². The van der Waals surface area contributed by atoms with Gasteiger partial charge >= 0.3 is 0 Å². The zero-order chi connectivity index (χ0) is 17.3. The van der Waals surface area contributed by atoms with Crippen molar-refractivity contribution in [3.05, 3.63) is 23.7 Å². The molecule has 1 aromatic heterocycles. The van der Waals surface area contributed by atoms with Crippen LogP contribution in [-0.2, 0) is 10.0 Å². The van der Waals surface area contributed by atoms with E-state index in [1.165, 1.54) is 12.5 Å². The average Bonchev–Trinajstić information content (AvgIpc) is 2.75. The fourth-order valence-corrected chi connectivity index (χ4v) is 5.26. The minimum atomic E-state index is -3.22. The van der Waals surface area contributed by atoms with Crippen LogP contribution in [0, 0.1) is 6.92 Å². The maximum Gasteiger partial charge on any atom is 0.289 e. The number of sulfonamides is 1. The number of carbonyl (C=O) groups is 1. The van der Waals surface area contributed by atoms with Crippen LogP contribution in [0.15, 0.2) is 16.7 Å². The third kappa shape index (κ3) is 3.52. The first-order valence-electron chi connectivity index (χ1n) is 8.70. The van der Waals surface area contributed by atoms with Crippen LogP contribution in [0.25, 0.3) is 0 Å². The Kier molecular flexibility index (Phi) is 5.01. The van der Waals surface area contributed by atoms with Gasteiger partial charge in [-0.05, 0) is 45.1 Å². The first-order chi connectivity index (χ1) is 11.4. The lowest BCUT2D eigenvalue weighted by molar-refractivity contribution is 0.0724. The Balaban J connectivity index is 1.70. The van der Waals surface area contributed by atoms with Gasteiger partial charge in [-0.3, -0.25) is 4.79 Å². The van der Waals surface area contributed by atoms with Crippen molar-refractivity contribution in [2.75, 3.05) is 19.3 Å². The highest BCUT2D eigenvalue weighted by Crippen LogP contribution is 2.32. The zero-order valence-electron chi connectivity index (χ0n) is 14.4. The number of rotatable bonds is 4. The lowest BCUT2D eigenvalue weighted by Crippen LogP contribution is -2.50. The van der Waals surface area contributed by atoms with Gasteiger partial charge in [0.2, 0.25) is 10.0 Å². The summed E-state index contributed by atoms with van der Waals surface area (Å²) in [4.78, 5) is 14.4. The Morgan fingerprint density at radius 1 is 1.17 bits per heavy atom. The van der Waals surface area contributed by atoms with Crippen molar-refractivity contribution >= 4 is 15.9 Å². The topological polar surface area (TPSA) is 70.8 Å². The lowest BCUT2D eigenvalue weighted by Gasteiger charge is -2.40. The number of likely N-dealkylation sites (tertiary alicyclic amines) is 1. The number of furan rings is 1. The van der Waals surface area contributed by atoms with Gasteiger partial charge in [-0.2, -0.15) is 4.31 Å². The molecule has 1 aromatic rings. The summed E-state index contributed by atoms with van der Waals surface area (Å²) < 4.78 is 31.5. The van der Waals surface area contributed by atoms with Crippen LogP contribution in [0.4, 0.5) is 0 Å². The van der Waals surface area contributed by atoms with Gasteiger partial charge in [-0.1, -0.05) is 6.42 Å². The van der Waals surface area contributed by atoms with E-state index in [2.05, 4.69) is 0 Å². The van der Waals surface area contributed by atoms with Crippen LogP contribution in [0.3, 0.4) is 0 Å². The molecule has 134 valence electrons. The van der Waals surface area contributed by atoms with Crippen molar-refractivity contribution in [2.24, 2.45) is 0 Å². The second-order valence-corrected chi connectivity index (χ2v) is 8.87. The highest BCUT2D eigenvalue weighted by atomic mass is 32.2. The van der Waals surface area contributed by atoms with Crippen LogP contribution < -0.4 is 0 Å². The molecule has 0 unspecified atom stereocenters. The number of aryl methyl sites for hydroxylation is 1. The van der Waals surface area contributed by atoms with Gasteiger partial charge in [0.1, 0.15) is 0 Å². The Morgan fingerprint density at radius 3 is 2.38 bits per heavy atom. The Bertz CT molecular complexity index is 693. The quantitative estimate of drug-likeness (QED) is 0.832. The molecule has 0 bridgehead atoms. The summed E-state index contributed by atoms with van der Waals surface area (Å²) in [5.74, 6) is 0.306. The van der Waals surface area contributed by atoms with Crippen LogP contribution in [0.1, 0.15) is 54.6 Å². The van der Waals surface area contributed by atoms with Crippen LogP contribution in [-0.4, -0.2) is 55.0 Å². The van der Waals surface area contributed by atoms with Gasteiger partial charge in [0.05, 0.1) is 12.5 Å². The molecule has 1 aliphatic heterocycles. The van der Waals surface area contributed by atoms with E-state index < -0.39 is 10.0 Å². The fraction of sp³-hybridized carbons (Fsp3) is 0.706. The lowest BCUT2D eigenvalue weighted by atomic mass is 9.91. The standard InChI is InChI=1S/C17H26N2O4S/c1-13-9-12-23-16(13)17(20)18-10-4-7-15(8-11-18)19(24(2,21)22)14-5-3-6-14/h9,12,14-15H,3-8,10-11H2,1-2H3/t15-/m0/s1. The summed E-state index contributed by atoms with van der Waals surface area (Å²) in [5, 5.41) is 0. The molecule has 7 heteroatoms. The third-order valence-electron chi connectivity index (χ3n) is 5.22. The van der Waals surface area contributed by atoms with Gasteiger partial charge in [0.15, 0.2) is 5.76 Å². The maximum atomic E-state index is 12.6. The SMILES string of the molecule is Cc1ccoc1C(=O)N1CCC[C@H](N(C2CCC2)S(C)(=O)=O)CC1. The number of carbonyl (C=O) groups excluding carboxylic acids is 1. The van der Waals surface area contributed by atoms with Crippen molar-refractivity contribution < 1.29 is 17.6 Å². The molecule has 0 aromatic carbocycles.